The van der Waals surface area contributed by atoms with Gasteiger partial charge in [-0.3, -0.25) is 0 Å². The predicted molar refractivity (Wildman–Crippen MR) is 56.7 cm³/mol. The van der Waals surface area contributed by atoms with Crippen LogP contribution in [0.25, 0.3) is 0 Å². The van der Waals surface area contributed by atoms with Crippen LogP contribution in [0.4, 0.5) is 0 Å². The highest BCUT2D eigenvalue weighted by Crippen LogP contribution is 2.06. The van der Waals surface area contributed by atoms with E-state index in [-0.39, 0.29) is 5.97 Å². The zero-order valence-electron chi connectivity index (χ0n) is 9.70. The first-order chi connectivity index (χ1) is 6.56. The predicted octanol–water partition coefficient (Wildman–Crippen LogP) is 0.904. The van der Waals surface area contributed by atoms with Gasteiger partial charge in [-0.25, -0.2) is 4.79 Å². The molecule has 0 aliphatic carbocycles. The van der Waals surface area contributed by atoms with E-state index in [1.807, 2.05) is 19.0 Å². The number of carbonyl (C=O) groups excluding carboxylic acids is 1. The van der Waals surface area contributed by atoms with E-state index in [9.17, 15) is 4.79 Å². The smallest absolute Gasteiger partial charge is 0.334 e. The van der Waals surface area contributed by atoms with Crippen molar-refractivity contribution in [1.82, 2.24) is 9.80 Å². The second kappa shape index (κ2) is 6.29. The van der Waals surface area contributed by atoms with Crippen molar-refractivity contribution < 1.29 is 9.53 Å². The van der Waals surface area contributed by atoms with Crippen LogP contribution in [0.5, 0.6) is 0 Å². The summed E-state index contributed by atoms with van der Waals surface area (Å²) in [6.07, 6.45) is 1.51. The molecule has 4 heteroatoms. The number of methoxy groups -OCH3 is 1. The van der Waals surface area contributed by atoms with Crippen molar-refractivity contribution in [2.24, 2.45) is 0 Å². The minimum absolute atomic E-state index is 0.319. The van der Waals surface area contributed by atoms with Gasteiger partial charge in [-0.05, 0) is 13.8 Å². The molecule has 0 heterocycles. The largest absolute Gasteiger partial charge is 0.466 e. The minimum atomic E-state index is -0.319. The Morgan fingerprint density at radius 1 is 1.29 bits per heavy atom. The van der Waals surface area contributed by atoms with Gasteiger partial charge in [-0.1, -0.05) is 0 Å². The zero-order valence-corrected chi connectivity index (χ0v) is 9.70. The summed E-state index contributed by atoms with van der Waals surface area (Å²) in [4.78, 5) is 15.1. The number of hydrogen-bond acceptors (Lipinski definition) is 4. The molecule has 0 aromatic rings. The summed E-state index contributed by atoms with van der Waals surface area (Å²) in [6, 6.07) is 0. The van der Waals surface area contributed by atoms with Gasteiger partial charge < -0.3 is 14.5 Å². The van der Waals surface area contributed by atoms with E-state index in [4.69, 9.17) is 0 Å². The zero-order chi connectivity index (χ0) is 11.1. The van der Waals surface area contributed by atoms with E-state index in [0.29, 0.717) is 0 Å². The molecule has 0 atom stereocenters. The lowest BCUT2D eigenvalue weighted by atomic mass is 10.4. The van der Waals surface area contributed by atoms with Crippen molar-refractivity contribution in [3.63, 3.8) is 0 Å². The van der Waals surface area contributed by atoms with Crippen LogP contribution in [-0.2, 0) is 9.53 Å². The highest BCUT2D eigenvalue weighted by atomic mass is 16.5. The number of carbonyl (C=O) groups is 1. The van der Waals surface area contributed by atoms with Crippen LogP contribution in [0.3, 0.4) is 0 Å². The molecule has 0 saturated heterocycles. The molecule has 0 N–H and O–H groups in total. The number of hydrogen-bond donors (Lipinski definition) is 0. The topological polar surface area (TPSA) is 32.8 Å². The molecule has 0 fully saturated rings. The minimum Gasteiger partial charge on any atom is -0.466 e. The third-order valence-electron chi connectivity index (χ3n) is 1.99. The average molecular weight is 200 g/mol. The lowest BCUT2D eigenvalue weighted by Gasteiger charge is -2.29. The van der Waals surface area contributed by atoms with Gasteiger partial charge in [0.05, 0.1) is 13.2 Å². The first kappa shape index (κ1) is 12.8. The SMILES string of the molecule is CCN(CC)C(=CC(=O)OC)N(C)C. The summed E-state index contributed by atoms with van der Waals surface area (Å²) in [5.74, 6) is 0.558. The second-order valence-electron chi connectivity index (χ2n) is 3.09. The molecule has 14 heavy (non-hydrogen) atoms. The molecule has 0 rings (SSSR count). The van der Waals surface area contributed by atoms with Crippen molar-refractivity contribution in [1.29, 1.82) is 0 Å². The van der Waals surface area contributed by atoms with Crippen LogP contribution in [0.1, 0.15) is 13.8 Å². The number of esters is 1. The van der Waals surface area contributed by atoms with Crippen molar-refractivity contribution in [3.05, 3.63) is 11.9 Å². The average Bonchev–Trinajstić information content (AvgIpc) is 2.17. The van der Waals surface area contributed by atoms with E-state index in [1.54, 1.807) is 0 Å². The highest BCUT2D eigenvalue weighted by Gasteiger charge is 2.09. The van der Waals surface area contributed by atoms with Crippen LogP contribution in [-0.4, -0.2) is 50.1 Å². The summed E-state index contributed by atoms with van der Waals surface area (Å²) in [5, 5.41) is 0. The van der Waals surface area contributed by atoms with E-state index >= 15 is 0 Å². The van der Waals surface area contributed by atoms with Gasteiger partial charge in [-0.15, -0.1) is 0 Å². The fourth-order valence-corrected chi connectivity index (χ4v) is 1.22. The van der Waals surface area contributed by atoms with Gasteiger partial charge in [0.15, 0.2) is 0 Å². The van der Waals surface area contributed by atoms with Gasteiger partial charge in [0.25, 0.3) is 0 Å². The van der Waals surface area contributed by atoms with Gasteiger partial charge >= 0.3 is 5.97 Å². The van der Waals surface area contributed by atoms with Crippen LogP contribution in [0.2, 0.25) is 0 Å². The maximum atomic E-state index is 11.1. The maximum Gasteiger partial charge on any atom is 0.334 e. The molecular weight excluding hydrogens is 180 g/mol. The van der Waals surface area contributed by atoms with Crippen LogP contribution in [0, 0.1) is 0 Å². The number of ether oxygens (including phenoxy) is 1. The second-order valence-corrected chi connectivity index (χ2v) is 3.09. The van der Waals surface area contributed by atoms with Crippen LogP contribution >= 0.6 is 0 Å². The Morgan fingerprint density at radius 2 is 1.79 bits per heavy atom. The molecule has 0 spiro atoms. The van der Waals surface area contributed by atoms with Crippen molar-refractivity contribution in [2.75, 3.05) is 34.3 Å². The van der Waals surface area contributed by atoms with Gasteiger partial charge in [-0.2, -0.15) is 0 Å². The lowest BCUT2D eigenvalue weighted by molar-refractivity contribution is -0.135. The fraction of sp³-hybridized carbons (Fsp3) is 0.700. The summed E-state index contributed by atoms with van der Waals surface area (Å²) in [6.45, 7) is 5.85. The molecule has 0 aromatic heterocycles. The molecule has 0 aliphatic rings. The quantitative estimate of drug-likeness (QED) is 0.488. The summed E-state index contributed by atoms with van der Waals surface area (Å²) < 4.78 is 4.60. The molecule has 0 unspecified atom stereocenters. The van der Waals surface area contributed by atoms with E-state index in [2.05, 4.69) is 23.5 Å². The van der Waals surface area contributed by atoms with Gasteiger partial charge in [0, 0.05) is 27.2 Å². The molecule has 0 bridgehead atoms. The molecule has 0 radical (unpaired) electrons. The normalized spacial score (nSPS) is 11.1. The summed E-state index contributed by atoms with van der Waals surface area (Å²) >= 11 is 0. The molecule has 82 valence electrons. The van der Waals surface area contributed by atoms with Crippen molar-refractivity contribution >= 4 is 5.97 Å². The van der Waals surface area contributed by atoms with E-state index in [1.165, 1.54) is 13.2 Å². The Labute approximate surface area is 86.1 Å². The molecular formula is C10H20N2O2. The maximum absolute atomic E-state index is 11.1. The Bertz CT molecular complexity index is 208. The number of nitrogens with zero attached hydrogens (tertiary/aromatic N) is 2. The first-order valence-electron chi connectivity index (χ1n) is 4.78. The summed E-state index contributed by atoms with van der Waals surface area (Å²) in [7, 11) is 5.20. The Morgan fingerprint density at radius 3 is 2.07 bits per heavy atom. The van der Waals surface area contributed by atoms with E-state index < -0.39 is 0 Å². The van der Waals surface area contributed by atoms with Crippen LogP contribution in [0.15, 0.2) is 11.9 Å². The Kier molecular flexibility index (Phi) is 5.76. The third kappa shape index (κ3) is 3.68. The molecule has 0 aromatic carbocycles. The van der Waals surface area contributed by atoms with Crippen molar-refractivity contribution in [2.45, 2.75) is 13.8 Å². The number of rotatable bonds is 5. The fourth-order valence-electron chi connectivity index (χ4n) is 1.22. The molecule has 0 saturated carbocycles. The Hall–Kier alpha value is -1.19. The lowest BCUT2D eigenvalue weighted by Crippen LogP contribution is -2.31. The van der Waals surface area contributed by atoms with Gasteiger partial charge in [0.2, 0.25) is 0 Å². The highest BCUT2D eigenvalue weighted by molar-refractivity contribution is 5.82. The van der Waals surface area contributed by atoms with E-state index in [0.717, 1.165) is 18.9 Å². The Balaban J connectivity index is 4.73. The molecule has 4 nitrogen and oxygen atoms in total. The monoisotopic (exact) mass is 200 g/mol. The van der Waals surface area contributed by atoms with Gasteiger partial charge in [0.1, 0.15) is 5.82 Å². The summed E-state index contributed by atoms with van der Waals surface area (Å²) in [5.41, 5.74) is 0. The van der Waals surface area contributed by atoms with Crippen LogP contribution < -0.4 is 0 Å². The molecule has 0 aliphatic heterocycles. The third-order valence-corrected chi connectivity index (χ3v) is 1.99. The van der Waals surface area contributed by atoms with Crippen molar-refractivity contribution in [3.8, 4) is 0 Å². The first-order valence-corrected chi connectivity index (χ1v) is 4.78. The molecule has 0 amide bonds. The standard InChI is InChI=1S/C10H20N2O2/c1-6-12(7-2)9(11(3)4)8-10(13)14-5/h8H,6-7H2,1-5H3.